The van der Waals surface area contributed by atoms with Crippen LogP contribution in [0.15, 0.2) is 0 Å². The fraction of sp³-hybridized carbons (Fsp3) is 0.967. The van der Waals surface area contributed by atoms with Crippen molar-refractivity contribution < 1.29 is 33.1 Å². The standard InChI is InChI=1S/C30H51NO7S/c1-17(8-11-27(35)31-23-6-4-5-7-25(23)39(36,37)38)20-9-10-21-28-22(16-26(34)30(20,21)3)29(2)13-12-19(32)14-18(29)15-24(28)33/h17-26,28,32-34H,4-16H2,1-3H3,(H,31,35)(H,36,37,38)/t17-,18+,19-,20-,21+,22+,23-,24-,25-,26+,28+,29+,30-/m1/s1. The minimum atomic E-state index is -4.20. The number of hydrogen-bond donors (Lipinski definition) is 5. The minimum Gasteiger partial charge on any atom is -0.393 e. The number of carbonyl (C=O) groups is 1. The molecule has 5 N–H and O–H groups in total. The minimum absolute atomic E-state index is 0.0479. The van der Waals surface area contributed by atoms with Crippen molar-refractivity contribution >= 4 is 16.0 Å². The monoisotopic (exact) mass is 569 g/mol. The first-order chi connectivity index (χ1) is 18.3. The highest BCUT2D eigenvalue weighted by Crippen LogP contribution is 2.68. The van der Waals surface area contributed by atoms with Gasteiger partial charge in [-0.2, -0.15) is 8.42 Å². The molecule has 5 rings (SSSR count). The van der Waals surface area contributed by atoms with E-state index in [-0.39, 0.29) is 52.4 Å². The molecular weight excluding hydrogens is 518 g/mol. The number of aliphatic hydroxyl groups excluding tert-OH is 3. The molecule has 13 atom stereocenters. The van der Waals surface area contributed by atoms with Crippen LogP contribution < -0.4 is 5.32 Å². The molecule has 0 aromatic heterocycles. The molecular formula is C30H51NO7S. The van der Waals surface area contributed by atoms with Crippen LogP contribution >= 0.6 is 0 Å². The van der Waals surface area contributed by atoms with Crippen LogP contribution in [0.4, 0.5) is 0 Å². The van der Waals surface area contributed by atoms with Crippen LogP contribution in [0.5, 0.6) is 0 Å². The Kier molecular flexibility index (Phi) is 8.26. The molecule has 5 aliphatic carbocycles. The number of amides is 1. The van der Waals surface area contributed by atoms with Crippen molar-refractivity contribution in [1.82, 2.24) is 5.32 Å². The van der Waals surface area contributed by atoms with Crippen molar-refractivity contribution in [2.75, 3.05) is 0 Å². The Labute approximate surface area is 234 Å². The fourth-order valence-corrected chi connectivity index (χ4v) is 11.7. The van der Waals surface area contributed by atoms with E-state index in [9.17, 15) is 33.1 Å². The van der Waals surface area contributed by atoms with Gasteiger partial charge in [0, 0.05) is 12.5 Å². The second kappa shape index (κ2) is 10.8. The van der Waals surface area contributed by atoms with Crippen molar-refractivity contribution in [3.63, 3.8) is 0 Å². The molecule has 5 aliphatic rings. The summed E-state index contributed by atoms with van der Waals surface area (Å²) in [7, 11) is -4.20. The van der Waals surface area contributed by atoms with E-state index in [0.29, 0.717) is 38.0 Å². The predicted molar refractivity (Wildman–Crippen MR) is 148 cm³/mol. The van der Waals surface area contributed by atoms with Crippen LogP contribution in [0.1, 0.15) is 104 Å². The lowest BCUT2D eigenvalue weighted by Gasteiger charge is -2.63. The van der Waals surface area contributed by atoms with E-state index in [4.69, 9.17) is 0 Å². The summed E-state index contributed by atoms with van der Waals surface area (Å²) in [5.41, 5.74) is -0.263. The maximum atomic E-state index is 12.9. The number of hydrogen-bond acceptors (Lipinski definition) is 6. The van der Waals surface area contributed by atoms with Crippen LogP contribution in [-0.4, -0.2) is 63.8 Å². The van der Waals surface area contributed by atoms with Crippen molar-refractivity contribution in [3.05, 3.63) is 0 Å². The largest absolute Gasteiger partial charge is 0.393 e. The van der Waals surface area contributed by atoms with Gasteiger partial charge >= 0.3 is 0 Å². The van der Waals surface area contributed by atoms with Gasteiger partial charge in [0.1, 0.15) is 5.25 Å². The van der Waals surface area contributed by atoms with Gasteiger partial charge in [0.15, 0.2) is 0 Å². The fourth-order valence-electron chi connectivity index (χ4n) is 10.6. The molecule has 5 saturated carbocycles. The third-order valence-electron chi connectivity index (χ3n) is 12.8. The predicted octanol–water partition coefficient (Wildman–Crippen LogP) is 3.68. The first-order valence-electron chi connectivity index (χ1n) is 15.6. The maximum absolute atomic E-state index is 12.9. The molecule has 0 unspecified atom stereocenters. The third kappa shape index (κ3) is 5.21. The van der Waals surface area contributed by atoms with Crippen molar-refractivity contribution in [2.45, 2.75) is 134 Å². The van der Waals surface area contributed by atoms with Gasteiger partial charge in [-0.25, -0.2) is 0 Å². The number of carbonyl (C=O) groups excluding carboxylic acids is 1. The van der Waals surface area contributed by atoms with E-state index in [1.54, 1.807) is 0 Å². The summed E-state index contributed by atoms with van der Waals surface area (Å²) in [6, 6.07) is -0.541. The molecule has 8 nitrogen and oxygen atoms in total. The second-order valence-electron chi connectivity index (χ2n) is 14.6. The summed E-state index contributed by atoms with van der Waals surface area (Å²) < 4.78 is 33.2. The summed E-state index contributed by atoms with van der Waals surface area (Å²) in [6.45, 7) is 6.73. The van der Waals surface area contributed by atoms with Gasteiger partial charge < -0.3 is 20.6 Å². The van der Waals surface area contributed by atoms with E-state index < -0.39 is 33.6 Å². The summed E-state index contributed by atoms with van der Waals surface area (Å²) in [4.78, 5) is 12.9. The molecule has 224 valence electrons. The topological polar surface area (TPSA) is 144 Å². The maximum Gasteiger partial charge on any atom is 0.269 e. The van der Waals surface area contributed by atoms with Gasteiger partial charge in [-0.15, -0.1) is 0 Å². The zero-order valence-electron chi connectivity index (χ0n) is 24.0. The van der Waals surface area contributed by atoms with Crippen LogP contribution in [0.25, 0.3) is 0 Å². The molecule has 0 saturated heterocycles. The van der Waals surface area contributed by atoms with Gasteiger partial charge in [0.2, 0.25) is 5.91 Å². The molecule has 1 amide bonds. The molecule has 0 aromatic carbocycles. The van der Waals surface area contributed by atoms with Gasteiger partial charge in [-0.05, 0) is 111 Å². The highest BCUT2D eigenvalue weighted by Gasteiger charge is 2.65. The molecule has 0 bridgehead atoms. The molecule has 9 heteroatoms. The lowest BCUT2D eigenvalue weighted by Crippen LogP contribution is -2.62. The van der Waals surface area contributed by atoms with E-state index in [2.05, 4.69) is 26.1 Å². The van der Waals surface area contributed by atoms with E-state index in [0.717, 1.165) is 51.4 Å². The summed E-state index contributed by atoms with van der Waals surface area (Å²) in [5.74, 6) is 1.25. The Morgan fingerprint density at radius 2 is 1.69 bits per heavy atom. The van der Waals surface area contributed by atoms with Gasteiger partial charge in [0.05, 0.1) is 18.3 Å². The average molecular weight is 570 g/mol. The van der Waals surface area contributed by atoms with Crippen LogP contribution in [-0.2, 0) is 14.9 Å². The van der Waals surface area contributed by atoms with Crippen molar-refractivity contribution in [1.29, 1.82) is 0 Å². The smallest absolute Gasteiger partial charge is 0.269 e. The highest BCUT2D eigenvalue weighted by atomic mass is 32.2. The lowest BCUT2D eigenvalue weighted by molar-refractivity contribution is -0.207. The van der Waals surface area contributed by atoms with E-state index in [1.807, 2.05) is 0 Å². The first kappa shape index (κ1) is 29.7. The summed E-state index contributed by atoms with van der Waals surface area (Å²) in [5, 5.41) is 35.5. The van der Waals surface area contributed by atoms with Gasteiger partial charge in [-0.1, -0.05) is 33.6 Å². The SMILES string of the molecule is C[C@H](CCC(=O)N[C@@H]1CCCC[C@H]1S(=O)(=O)O)[C@H]1CC[C@H]2[C@@H]3[C@H](O)C[C@@H]4C[C@H](O)CC[C@]4(C)[C@H]3C[C@H](O)[C@]12C. The quantitative estimate of drug-likeness (QED) is 0.307. The first-order valence-corrected chi connectivity index (χ1v) is 17.1. The molecule has 0 radical (unpaired) electrons. The zero-order chi connectivity index (χ0) is 28.3. The van der Waals surface area contributed by atoms with Crippen molar-refractivity contribution in [2.24, 2.45) is 46.3 Å². The number of fused-ring (bicyclic) bond motifs is 5. The van der Waals surface area contributed by atoms with E-state index >= 15 is 0 Å². The Morgan fingerprint density at radius 1 is 0.974 bits per heavy atom. The van der Waals surface area contributed by atoms with Crippen molar-refractivity contribution in [3.8, 4) is 0 Å². The summed E-state index contributed by atoms with van der Waals surface area (Å²) >= 11 is 0. The Bertz CT molecular complexity index is 1020. The summed E-state index contributed by atoms with van der Waals surface area (Å²) in [6.07, 6.45) is 8.20. The Balaban J connectivity index is 1.25. The third-order valence-corrected chi connectivity index (χ3v) is 14.1. The Hall–Kier alpha value is -0.740. The van der Waals surface area contributed by atoms with Crippen LogP contribution in [0, 0.1) is 46.3 Å². The van der Waals surface area contributed by atoms with Crippen LogP contribution in [0.3, 0.4) is 0 Å². The average Bonchev–Trinajstić information content (AvgIpc) is 3.22. The van der Waals surface area contributed by atoms with E-state index in [1.165, 1.54) is 0 Å². The zero-order valence-corrected chi connectivity index (χ0v) is 24.8. The van der Waals surface area contributed by atoms with Gasteiger partial charge in [-0.3, -0.25) is 9.35 Å². The molecule has 0 heterocycles. The molecule has 39 heavy (non-hydrogen) atoms. The second-order valence-corrected chi connectivity index (χ2v) is 16.2. The van der Waals surface area contributed by atoms with Crippen LogP contribution in [0.2, 0.25) is 0 Å². The molecule has 5 fully saturated rings. The highest BCUT2D eigenvalue weighted by molar-refractivity contribution is 7.86. The molecule has 0 spiro atoms. The normalized spacial score (nSPS) is 48.9. The number of rotatable bonds is 6. The molecule has 0 aliphatic heterocycles. The number of nitrogens with one attached hydrogen (secondary N) is 1. The molecule has 0 aromatic rings. The van der Waals surface area contributed by atoms with Gasteiger partial charge in [0.25, 0.3) is 10.1 Å². The lowest BCUT2D eigenvalue weighted by atomic mass is 9.43. The Morgan fingerprint density at radius 3 is 2.41 bits per heavy atom. The number of aliphatic hydroxyl groups is 3.